The first-order valence-electron chi connectivity index (χ1n) is 7.22. The molecule has 1 saturated heterocycles. The zero-order valence-corrected chi connectivity index (χ0v) is 12.7. The Morgan fingerprint density at radius 1 is 1.32 bits per heavy atom. The largest absolute Gasteiger partial charge is 0.369 e. The molecule has 22 heavy (non-hydrogen) atoms. The van der Waals surface area contributed by atoms with Crippen LogP contribution in [-0.4, -0.2) is 58.9 Å². The van der Waals surface area contributed by atoms with Crippen molar-refractivity contribution in [3.05, 3.63) is 17.5 Å². The van der Waals surface area contributed by atoms with Gasteiger partial charge in [0.05, 0.1) is 11.6 Å². The quantitative estimate of drug-likeness (QED) is 0.820. The molecule has 8 heteroatoms. The summed E-state index contributed by atoms with van der Waals surface area (Å²) >= 11 is 0. The van der Waals surface area contributed by atoms with Crippen LogP contribution in [0.2, 0.25) is 0 Å². The van der Waals surface area contributed by atoms with Crippen LogP contribution in [0.4, 0.5) is 0 Å². The number of hydrogen-bond acceptors (Lipinski definition) is 5. The zero-order chi connectivity index (χ0) is 16.3. The maximum atomic E-state index is 12.5. The van der Waals surface area contributed by atoms with Gasteiger partial charge in [0.2, 0.25) is 17.6 Å². The van der Waals surface area contributed by atoms with Crippen LogP contribution in [-0.2, 0) is 16.0 Å². The Balaban J connectivity index is 2.17. The van der Waals surface area contributed by atoms with Crippen LogP contribution < -0.4 is 5.73 Å². The van der Waals surface area contributed by atoms with E-state index < -0.39 is 11.8 Å². The van der Waals surface area contributed by atoms with Crippen molar-refractivity contribution < 1.29 is 18.9 Å². The highest BCUT2D eigenvalue weighted by molar-refractivity contribution is 5.92. The lowest BCUT2D eigenvalue weighted by Crippen LogP contribution is -2.40. The third-order valence-corrected chi connectivity index (χ3v) is 3.79. The van der Waals surface area contributed by atoms with E-state index in [1.165, 1.54) is 16.7 Å². The van der Waals surface area contributed by atoms with Gasteiger partial charge < -0.3 is 20.1 Å². The summed E-state index contributed by atoms with van der Waals surface area (Å²) in [5.74, 6) is -1.48. The van der Waals surface area contributed by atoms with Crippen LogP contribution >= 0.6 is 0 Å². The van der Waals surface area contributed by atoms with Crippen molar-refractivity contribution in [3.63, 3.8) is 0 Å². The lowest BCUT2D eigenvalue weighted by atomic mass is 10.1. The first-order chi connectivity index (χ1) is 10.4. The average molecular weight is 308 g/mol. The summed E-state index contributed by atoms with van der Waals surface area (Å²) in [6, 6.07) is 1.59. The number of nitrogens with two attached hydrogens (primary N) is 1. The fourth-order valence-electron chi connectivity index (χ4n) is 2.40. The summed E-state index contributed by atoms with van der Waals surface area (Å²) < 4.78 is 5.04. The molecule has 1 aliphatic rings. The van der Waals surface area contributed by atoms with Crippen LogP contribution in [0.15, 0.2) is 10.6 Å². The van der Waals surface area contributed by atoms with Crippen molar-refractivity contribution in [2.24, 2.45) is 11.7 Å². The van der Waals surface area contributed by atoms with Gasteiger partial charge in [0.1, 0.15) is 0 Å². The Morgan fingerprint density at radius 2 is 1.95 bits per heavy atom. The SMILES string of the molecule is CCc1cc(C(=O)N2CCN(C(C)=O)CC(C(N)=O)C2)on1. The molecule has 8 nitrogen and oxygen atoms in total. The molecule has 120 valence electrons. The molecule has 2 N–H and O–H groups in total. The molecule has 1 unspecified atom stereocenters. The predicted octanol–water partition coefficient (Wildman–Crippen LogP) is -0.357. The fourth-order valence-corrected chi connectivity index (χ4v) is 2.40. The zero-order valence-electron chi connectivity index (χ0n) is 12.7. The maximum Gasteiger partial charge on any atom is 0.292 e. The van der Waals surface area contributed by atoms with Crippen LogP contribution in [0.3, 0.4) is 0 Å². The van der Waals surface area contributed by atoms with Crippen molar-refractivity contribution in [3.8, 4) is 0 Å². The molecule has 0 bridgehead atoms. The molecule has 0 aromatic carbocycles. The van der Waals surface area contributed by atoms with Gasteiger partial charge in [-0.2, -0.15) is 0 Å². The molecule has 2 rings (SSSR count). The van der Waals surface area contributed by atoms with Gasteiger partial charge >= 0.3 is 0 Å². The van der Waals surface area contributed by atoms with E-state index in [-0.39, 0.29) is 30.7 Å². The number of rotatable bonds is 3. The lowest BCUT2D eigenvalue weighted by Gasteiger charge is -2.20. The number of amides is 3. The molecule has 0 aliphatic carbocycles. The van der Waals surface area contributed by atoms with E-state index in [0.717, 1.165) is 0 Å². The van der Waals surface area contributed by atoms with Gasteiger partial charge in [0.15, 0.2) is 0 Å². The van der Waals surface area contributed by atoms with Gasteiger partial charge in [0, 0.05) is 39.2 Å². The Hall–Kier alpha value is -2.38. The Kier molecular flexibility index (Phi) is 4.79. The second-order valence-corrected chi connectivity index (χ2v) is 5.35. The minimum Gasteiger partial charge on any atom is -0.369 e. The van der Waals surface area contributed by atoms with Crippen LogP contribution in [0, 0.1) is 5.92 Å². The Bertz CT molecular complexity index is 583. The number of primary amides is 1. The highest BCUT2D eigenvalue weighted by Gasteiger charge is 2.31. The van der Waals surface area contributed by atoms with Crippen molar-refractivity contribution in [1.29, 1.82) is 0 Å². The lowest BCUT2D eigenvalue weighted by molar-refractivity contribution is -0.130. The summed E-state index contributed by atoms with van der Waals surface area (Å²) in [5, 5.41) is 3.79. The summed E-state index contributed by atoms with van der Waals surface area (Å²) in [6.07, 6.45) is 0.665. The first-order valence-corrected chi connectivity index (χ1v) is 7.22. The average Bonchev–Trinajstić information content (AvgIpc) is 2.83. The minimum atomic E-state index is -0.594. The van der Waals surface area contributed by atoms with Crippen LogP contribution in [0.25, 0.3) is 0 Å². The molecule has 0 radical (unpaired) electrons. The molecule has 0 saturated carbocycles. The molecule has 3 amide bonds. The Morgan fingerprint density at radius 3 is 2.50 bits per heavy atom. The van der Waals surface area contributed by atoms with Crippen LogP contribution in [0.5, 0.6) is 0 Å². The van der Waals surface area contributed by atoms with Gasteiger partial charge in [-0.05, 0) is 6.42 Å². The number of aryl methyl sites for hydroxylation is 1. The second-order valence-electron chi connectivity index (χ2n) is 5.35. The van der Waals surface area contributed by atoms with E-state index in [0.29, 0.717) is 25.2 Å². The van der Waals surface area contributed by atoms with Crippen LogP contribution in [0.1, 0.15) is 30.1 Å². The summed E-state index contributed by atoms with van der Waals surface area (Å²) in [5.41, 5.74) is 6.06. The molecule has 2 heterocycles. The normalized spacial score (nSPS) is 18.9. The molecular formula is C14H20N4O4. The second kappa shape index (κ2) is 6.59. The van der Waals surface area contributed by atoms with Gasteiger partial charge in [-0.3, -0.25) is 14.4 Å². The fraction of sp³-hybridized carbons (Fsp3) is 0.571. The van der Waals surface area contributed by atoms with E-state index in [9.17, 15) is 14.4 Å². The monoisotopic (exact) mass is 308 g/mol. The van der Waals surface area contributed by atoms with E-state index in [2.05, 4.69) is 5.16 Å². The van der Waals surface area contributed by atoms with E-state index >= 15 is 0 Å². The maximum absolute atomic E-state index is 12.5. The number of carbonyl (C=O) groups excluding carboxylic acids is 3. The van der Waals surface area contributed by atoms with Crippen molar-refractivity contribution >= 4 is 17.7 Å². The summed E-state index contributed by atoms with van der Waals surface area (Å²) in [7, 11) is 0. The predicted molar refractivity (Wildman–Crippen MR) is 76.7 cm³/mol. The highest BCUT2D eigenvalue weighted by atomic mass is 16.5. The van der Waals surface area contributed by atoms with E-state index in [4.69, 9.17) is 10.3 Å². The van der Waals surface area contributed by atoms with E-state index in [1.54, 1.807) is 6.07 Å². The molecule has 1 atom stereocenters. The number of hydrogen-bond donors (Lipinski definition) is 1. The van der Waals surface area contributed by atoms with E-state index in [1.807, 2.05) is 6.92 Å². The van der Waals surface area contributed by atoms with Gasteiger partial charge in [-0.1, -0.05) is 12.1 Å². The smallest absolute Gasteiger partial charge is 0.292 e. The Labute approximate surface area is 128 Å². The topological polar surface area (TPSA) is 110 Å². The van der Waals surface area contributed by atoms with Crippen molar-refractivity contribution in [2.45, 2.75) is 20.3 Å². The number of aromatic nitrogens is 1. The number of nitrogens with zero attached hydrogens (tertiary/aromatic N) is 3. The third kappa shape index (κ3) is 3.44. The molecule has 1 aromatic heterocycles. The molecule has 1 aromatic rings. The number of carbonyl (C=O) groups is 3. The highest BCUT2D eigenvalue weighted by Crippen LogP contribution is 2.14. The van der Waals surface area contributed by atoms with Gasteiger partial charge in [-0.15, -0.1) is 0 Å². The van der Waals surface area contributed by atoms with Gasteiger partial charge in [-0.25, -0.2) is 0 Å². The summed E-state index contributed by atoms with van der Waals surface area (Å²) in [6.45, 7) is 4.42. The molecular weight excluding hydrogens is 288 g/mol. The van der Waals surface area contributed by atoms with Crippen molar-refractivity contribution in [2.75, 3.05) is 26.2 Å². The van der Waals surface area contributed by atoms with Crippen molar-refractivity contribution in [1.82, 2.24) is 15.0 Å². The molecule has 0 spiro atoms. The third-order valence-electron chi connectivity index (χ3n) is 3.79. The van der Waals surface area contributed by atoms with Gasteiger partial charge in [0.25, 0.3) is 5.91 Å². The molecule has 1 aliphatic heterocycles. The summed E-state index contributed by atoms with van der Waals surface area (Å²) in [4.78, 5) is 38.6. The minimum absolute atomic E-state index is 0.136. The first kappa shape index (κ1) is 16.0. The standard InChI is InChI=1S/C14H20N4O4/c1-3-11-6-12(22-16-11)14(21)18-5-4-17(9(2)19)7-10(8-18)13(15)20/h6,10H,3-5,7-8H2,1-2H3,(H2,15,20). The molecule has 1 fully saturated rings.